The Morgan fingerprint density at radius 1 is 0.688 bits per heavy atom. The SMILES string of the molecule is COC[C@H]1[C@@H](O)[C@H]([n+]2cn(C)c3c(=O)[nH]c(N)nc32)O[C@@H]1COP(=O)(O)OP(=O)(O)CP(=O)(O)OP(=O)(O)OCC1O[C@@H](n2cnc3c(N)ncnc32)[C@H](OC)[C@@H]1P(=O)(O)OC[C@H]1O[C@@H](n2cnc3c(=O)[nH]c(N)nc32)[C@H](O)[C@@H]1O. The molecule has 45 heteroatoms. The largest absolute Gasteiger partial charge is 0.479 e. The lowest BCUT2D eigenvalue weighted by molar-refractivity contribution is -0.745. The van der Waals surface area contributed by atoms with Crippen LogP contribution in [0, 0.1) is 5.92 Å². The second-order valence-electron chi connectivity index (χ2n) is 18.1. The van der Waals surface area contributed by atoms with Gasteiger partial charge < -0.3 is 85.2 Å². The number of aryl methyl sites for hydroxylation is 1. The molecule has 3 aliphatic rings. The molecule has 0 radical (unpaired) electrons. The van der Waals surface area contributed by atoms with Crippen molar-refractivity contribution < 1.29 is 113 Å². The van der Waals surface area contributed by atoms with Gasteiger partial charge >= 0.3 is 44.1 Å². The first-order valence-electron chi connectivity index (χ1n) is 22.9. The number of nitrogen functional groups attached to an aromatic ring is 3. The fourth-order valence-corrected chi connectivity index (χ4v) is 17.8. The highest BCUT2D eigenvalue weighted by molar-refractivity contribution is 7.76. The van der Waals surface area contributed by atoms with E-state index in [0.717, 1.165) is 30.7 Å². The van der Waals surface area contributed by atoms with Crippen molar-refractivity contribution in [1.29, 1.82) is 0 Å². The molecule has 0 amide bonds. The number of nitrogens with zero attached hydrogens (tertiary/aromatic N) is 10. The number of hydrogen-bond acceptors (Lipinski definition) is 29. The van der Waals surface area contributed by atoms with Crippen molar-refractivity contribution in [1.82, 2.24) is 53.6 Å². The van der Waals surface area contributed by atoms with Crippen molar-refractivity contribution in [2.75, 3.05) is 63.8 Å². The van der Waals surface area contributed by atoms with Gasteiger partial charge in [-0.15, -0.1) is 0 Å². The van der Waals surface area contributed by atoms with Crippen LogP contribution in [0.5, 0.6) is 0 Å². The molecule has 9 heterocycles. The Morgan fingerprint density at radius 3 is 1.93 bits per heavy atom. The molecule has 440 valence electrons. The Labute approximate surface area is 445 Å². The van der Waals surface area contributed by atoms with E-state index >= 15 is 0 Å². The van der Waals surface area contributed by atoms with Crippen molar-refractivity contribution in [2.45, 2.75) is 67.1 Å². The fraction of sp³-hybridized carbons (Fsp3) is 0.571. The topological polar surface area (TPSA) is 579 Å². The van der Waals surface area contributed by atoms with Gasteiger partial charge in [0.15, 0.2) is 47.3 Å². The Morgan fingerprint density at radius 2 is 1.27 bits per heavy atom. The second kappa shape index (κ2) is 22.3. The summed E-state index contributed by atoms with van der Waals surface area (Å²) in [6, 6.07) is 0. The van der Waals surface area contributed by atoms with Crippen molar-refractivity contribution >= 4 is 89.6 Å². The molecule has 0 spiro atoms. The van der Waals surface area contributed by atoms with Crippen LogP contribution in [0.25, 0.3) is 33.5 Å². The standard InChI is InChI=1S/C35H50N15O25P5/c1-47-11-50(28-19(47)30(55)46-35(38)44-28)31-20(51)13(4-66-2)14(71-31)5-69-79(62,63)74-76(56,57)12-77(58,59)75-80(64,65)70-7-16-24(23(67-3)33(73-16)48-9-41-17-25(36)39-8-40-26(17)48)78(60,61)68-6-15-21(52)22(53)32(72-15)49-10-42-18-27(49)43-34(37)45-29(18)54/h8-11,13-16,20-24,31-33,51-53H,4-7,12H2,1-3H3,(H12-,36,37,38,39,40,43,44,45,46,54,55,56,57,58,59,60,61,62,63,64,65)/p+1/t13-,14-,15-,16?,20-,21-,22-,23-,24-,31-,32-,33-/m1/s1. The summed E-state index contributed by atoms with van der Waals surface area (Å²) in [6.07, 6.45) is -11.5. The van der Waals surface area contributed by atoms with Crippen LogP contribution >= 0.6 is 38.4 Å². The minimum absolute atomic E-state index is 0.0217. The quantitative estimate of drug-likeness (QED) is 0.0232. The van der Waals surface area contributed by atoms with Gasteiger partial charge in [0.2, 0.25) is 17.7 Å². The molecule has 6 aromatic rings. The Hall–Kier alpha value is -4.92. The van der Waals surface area contributed by atoms with Crippen LogP contribution in [-0.2, 0) is 75.7 Å². The van der Waals surface area contributed by atoms with Crippen LogP contribution in [0.4, 0.5) is 17.7 Å². The molecule has 80 heavy (non-hydrogen) atoms. The van der Waals surface area contributed by atoms with Gasteiger partial charge in [0, 0.05) is 20.1 Å². The van der Waals surface area contributed by atoms with E-state index in [1.165, 1.54) is 34.2 Å². The van der Waals surface area contributed by atoms with Crippen LogP contribution in [-0.4, -0.2) is 188 Å². The molecular weight excluding hydrogens is 1190 g/mol. The highest BCUT2D eigenvalue weighted by atomic mass is 31.3. The van der Waals surface area contributed by atoms with Crippen LogP contribution in [0.1, 0.15) is 18.7 Å². The maximum Gasteiger partial charge on any atom is 0.479 e. The second-order valence-corrected chi connectivity index (χ2v) is 27.4. The number of aromatic nitrogens is 12. The first kappa shape index (κ1) is 59.7. The van der Waals surface area contributed by atoms with Crippen molar-refractivity contribution in [3.05, 3.63) is 46.0 Å². The average Bonchev–Trinajstić information content (AvgIpc) is 4.21. The number of phosphoric acid groups is 2. The number of fused-ring (bicyclic) bond motifs is 3. The smallest absolute Gasteiger partial charge is 0.387 e. The summed E-state index contributed by atoms with van der Waals surface area (Å²) in [6.45, 7) is -3.55. The van der Waals surface area contributed by atoms with E-state index in [-0.39, 0.29) is 57.8 Å². The lowest BCUT2D eigenvalue weighted by Gasteiger charge is -2.28. The first-order valence-corrected chi connectivity index (χ1v) is 31.0. The first-order chi connectivity index (χ1) is 37.4. The zero-order valence-corrected chi connectivity index (χ0v) is 45.7. The fourth-order valence-electron chi connectivity index (χ4n) is 9.30. The minimum atomic E-state index is -6.00. The zero-order chi connectivity index (χ0) is 58.2. The minimum Gasteiger partial charge on any atom is -0.387 e. The lowest BCUT2D eigenvalue weighted by atomic mass is 9.99. The maximum atomic E-state index is 14.4. The van der Waals surface area contributed by atoms with Gasteiger partial charge in [-0.05, 0) is 0 Å². The third-order valence-electron chi connectivity index (χ3n) is 12.7. The van der Waals surface area contributed by atoms with Crippen molar-refractivity contribution in [3.63, 3.8) is 0 Å². The van der Waals surface area contributed by atoms with E-state index < -0.39 is 148 Å². The number of phosphoric ester groups is 2. The predicted octanol–water partition coefficient (Wildman–Crippen LogP) is -3.51. The summed E-state index contributed by atoms with van der Waals surface area (Å²) >= 11 is 0. The number of nitrogens with two attached hydrogens (primary N) is 3. The lowest BCUT2D eigenvalue weighted by Crippen LogP contribution is -2.45. The molecule has 9 rings (SSSR count). The molecule has 0 aromatic carbocycles. The van der Waals surface area contributed by atoms with Crippen molar-refractivity contribution in [3.8, 4) is 0 Å². The van der Waals surface area contributed by atoms with Gasteiger partial charge in [-0.3, -0.25) is 56.0 Å². The van der Waals surface area contributed by atoms with Gasteiger partial charge in [0.1, 0.15) is 54.1 Å². The van der Waals surface area contributed by atoms with Crippen LogP contribution in [0.2, 0.25) is 0 Å². The van der Waals surface area contributed by atoms with Gasteiger partial charge in [0.05, 0.1) is 52.2 Å². The molecule has 6 unspecified atom stereocenters. The summed E-state index contributed by atoms with van der Waals surface area (Å²) in [5, 5.41) is 33.2. The molecule has 0 bridgehead atoms. The third kappa shape index (κ3) is 12.0. The monoisotopic (exact) mass is 1240 g/mol. The predicted molar refractivity (Wildman–Crippen MR) is 262 cm³/mol. The molecule has 40 nitrogen and oxygen atoms in total. The number of aliphatic hydroxyl groups excluding tert-OH is 3. The summed E-state index contributed by atoms with van der Waals surface area (Å²) in [7, 11) is -25.1. The molecule has 0 saturated carbocycles. The number of anilines is 3. The molecular formula is C35H51N15O25P5+. The van der Waals surface area contributed by atoms with Crippen molar-refractivity contribution in [2.24, 2.45) is 13.0 Å². The highest BCUT2D eigenvalue weighted by Crippen LogP contribution is 2.70. The van der Waals surface area contributed by atoms with E-state index in [1.54, 1.807) is 0 Å². The zero-order valence-electron chi connectivity index (χ0n) is 41.2. The normalized spacial score (nSPS) is 30.1. The highest BCUT2D eigenvalue weighted by Gasteiger charge is 2.58. The third-order valence-corrected chi connectivity index (χ3v) is 22.1. The number of H-pyrrole nitrogens is 2. The Kier molecular flexibility index (Phi) is 16.7. The van der Waals surface area contributed by atoms with Crippen LogP contribution < -0.4 is 32.9 Å². The molecule has 3 saturated heterocycles. The molecule has 6 aromatic heterocycles. The molecule has 17 atom stereocenters. The number of aliphatic hydroxyl groups is 3. The molecule has 3 aliphatic heterocycles. The van der Waals surface area contributed by atoms with Gasteiger partial charge in [-0.1, -0.05) is 4.98 Å². The number of aromatic amines is 2. The number of imidazole rings is 3. The Balaban J connectivity index is 0.868. The van der Waals surface area contributed by atoms with Crippen LogP contribution in [0.3, 0.4) is 0 Å². The Bertz CT molecular complexity index is 3690. The van der Waals surface area contributed by atoms with Gasteiger partial charge in [-0.25, -0.2) is 42.3 Å². The summed E-state index contributed by atoms with van der Waals surface area (Å²) < 4.78 is 125. The van der Waals surface area contributed by atoms with E-state index in [4.69, 9.17) is 54.5 Å². The number of rotatable bonds is 22. The summed E-state index contributed by atoms with van der Waals surface area (Å²) in [4.78, 5) is 108. The number of nitrogens with one attached hydrogen (secondary N) is 2. The molecule has 3 fully saturated rings. The number of ether oxygens (including phenoxy) is 5. The van der Waals surface area contributed by atoms with E-state index in [0.29, 0.717) is 0 Å². The number of methoxy groups -OCH3 is 2. The summed E-state index contributed by atoms with van der Waals surface area (Å²) in [5.41, 5.74) is 13.6. The van der Waals surface area contributed by atoms with E-state index in [2.05, 4.69) is 48.5 Å². The van der Waals surface area contributed by atoms with E-state index in [9.17, 15) is 72.2 Å². The van der Waals surface area contributed by atoms with Gasteiger partial charge in [0.25, 0.3) is 17.1 Å². The maximum absolute atomic E-state index is 14.4. The van der Waals surface area contributed by atoms with Gasteiger partial charge in [-0.2, -0.15) is 4.98 Å². The molecule has 16 N–H and O–H groups in total. The van der Waals surface area contributed by atoms with Crippen LogP contribution in [0.15, 0.2) is 34.9 Å². The average molecular weight is 1240 g/mol. The molecule has 0 aliphatic carbocycles. The van der Waals surface area contributed by atoms with E-state index in [1.807, 2.05) is 0 Å². The number of hydrogen-bond donors (Lipinski definition) is 13. The summed E-state index contributed by atoms with van der Waals surface area (Å²) in [5.74, 6) is -3.93.